The molecule has 0 spiro atoms. The first-order valence-electron chi connectivity index (χ1n) is 5.08. The molecule has 0 saturated carbocycles. The molecule has 17 heavy (non-hydrogen) atoms. The molecule has 0 radical (unpaired) electrons. The maximum atomic E-state index is 11.8. The topological polar surface area (TPSA) is 64.1 Å². The molecule has 0 aliphatic rings. The first-order valence-corrected chi connectivity index (χ1v) is 6.03. The lowest BCUT2D eigenvalue weighted by molar-refractivity contribution is 0.102. The maximum Gasteiger partial charge on any atom is 0.275 e. The third-order valence-corrected chi connectivity index (χ3v) is 2.55. The monoisotopic (exact) mass is 249 g/mol. The molecule has 88 valence electrons. The minimum Gasteiger partial charge on any atom is -0.476 e. The van der Waals surface area contributed by atoms with Crippen LogP contribution in [0.5, 0.6) is 5.88 Å². The summed E-state index contributed by atoms with van der Waals surface area (Å²) in [5.74, 6) is 0.152. The fourth-order valence-electron chi connectivity index (χ4n) is 1.25. The molecule has 6 heteroatoms. The molecule has 0 unspecified atom stereocenters. The molecule has 0 atom stereocenters. The Labute approximate surface area is 102 Å². The molecule has 2 rings (SSSR count). The van der Waals surface area contributed by atoms with Crippen LogP contribution in [0.2, 0.25) is 0 Å². The van der Waals surface area contributed by atoms with E-state index in [1.165, 1.54) is 11.3 Å². The number of hydrogen-bond donors (Lipinski definition) is 1. The summed E-state index contributed by atoms with van der Waals surface area (Å²) in [5, 5.41) is 4.40. The van der Waals surface area contributed by atoms with Crippen LogP contribution in [0.25, 0.3) is 0 Å². The van der Waals surface area contributed by atoms with Gasteiger partial charge < -0.3 is 10.1 Å². The number of aromatic nitrogens is 2. The normalized spacial score (nSPS) is 9.94. The summed E-state index contributed by atoms with van der Waals surface area (Å²) in [4.78, 5) is 19.8. The summed E-state index contributed by atoms with van der Waals surface area (Å²) in [6.45, 7) is 2.36. The van der Waals surface area contributed by atoms with Crippen molar-refractivity contribution in [2.24, 2.45) is 0 Å². The predicted molar refractivity (Wildman–Crippen MR) is 65.5 cm³/mol. The highest BCUT2D eigenvalue weighted by Gasteiger charge is 2.11. The number of pyridine rings is 1. The van der Waals surface area contributed by atoms with Gasteiger partial charge in [0.25, 0.3) is 5.91 Å². The van der Waals surface area contributed by atoms with Crippen LogP contribution >= 0.6 is 11.3 Å². The van der Waals surface area contributed by atoms with Gasteiger partial charge in [-0.3, -0.25) is 4.79 Å². The fraction of sp³-hybridized carbons (Fsp3) is 0.182. The Morgan fingerprint density at radius 3 is 3.12 bits per heavy atom. The minimum absolute atomic E-state index is 0.264. The Bertz CT molecular complexity index is 499. The molecule has 0 bridgehead atoms. The van der Waals surface area contributed by atoms with E-state index in [0.717, 1.165) is 0 Å². The van der Waals surface area contributed by atoms with E-state index < -0.39 is 0 Å². The summed E-state index contributed by atoms with van der Waals surface area (Å²) in [7, 11) is 0. The average molecular weight is 249 g/mol. The SMILES string of the molecule is CCOc1ncccc1NC(=O)c1cscn1. The zero-order chi connectivity index (χ0) is 12.1. The highest BCUT2D eigenvalue weighted by atomic mass is 32.1. The lowest BCUT2D eigenvalue weighted by atomic mass is 10.3. The van der Waals surface area contributed by atoms with E-state index in [1.54, 1.807) is 29.2 Å². The van der Waals surface area contributed by atoms with E-state index in [-0.39, 0.29) is 5.91 Å². The van der Waals surface area contributed by atoms with Gasteiger partial charge >= 0.3 is 0 Å². The van der Waals surface area contributed by atoms with E-state index in [1.807, 2.05) is 6.92 Å². The van der Waals surface area contributed by atoms with Gasteiger partial charge in [0.2, 0.25) is 5.88 Å². The van der Waals surface area contributed by atoms with Crippen molar-refractivity contribution in [1.82, 2.24) is 9.97 Å². The molecule has 0 aliphatic heterocycles. The Balaban J connectivity index is 2.15. The fourth-order valence-corrected chi connectivity index (χ4v) is 1.78. The summed E-state index contributed by atoms with van der Waals surface area (Å²) in [5.41, 5.74) is 2.55. The van der Waals surface area contributed by atoms with Crippen molar-refractivity contribution < 1.29 is 9.53 Å². The number of amides is 1. The summed E-state index contributed by atoms with van der Waals surface area (Å²) < 4.78 is 5.31. The first kappa shape index (κ1) is 11.5. The molecular formula is C11H11N3O2S. The lowest BCUT2D eigenvalue weighted by Crippen LogP contribution is -2.13. The second-order valence-electron chi connectivity index (χ2n) is 3.12. The van der Waals surface area contributed by atoms with Crippen molar-refractivity contribution in [1.29, 1.82) is 0 Å². The molecular weight excluding hydrogens is 238 g/mol. The Kier molecular flexibility index (Phi) is 3.66. The smallest absolute Gasteiger partial charge is 0.275 e. The summed E-state index contributed by atoms with van der Waals surface area (Å²) >= 11 is 1.37. The van der Waals surface area contributed by atoms with Crippen LogP contribution in [0.3, 0.4) is 0 Å². The van der Waals surface area contributed by atoms with E-state index in [4.69, 9.17) is 4.74 Å². The number of anilines is 1. The number of carbonyl (C=O) groups excluding carboxylic acids is 1. The van der Waals surface area contributed by atoms with Gasteiger partial charge in [-0.05, 0) is 19.1 Å². The highest BCUT2D eigenvalue weighted by molar-refractivity contribution is 7.07. The van der Waals surface area contributed by atoms with Crippen LogP contribution in [-0.2, 0) is 0 Å². The zero-order valence-electron chi connectivity index (χ0n) is 9.21. The van der Waals surface area contributed by atoms with Crippen LogP contribution in [0.1, 0.15) is 17.4 Å². The van der Waals surface area contributed by atoms with Crippen LogP contribution in [0.15, 0.2) is 29.2 Å². The van der Waals surface area contributed by atoms with Crippen molar-refractivity contribution in [3.8, 4) is 5.88 Å². The van der Waals surface area contributed by atoms with Gasteiger partial charge in [-0.25, -0.2) is 9.97 Å². The van der Waals surface area contributed by atoms with Crippen LogP contribution in [-0.4, -0.2) is 22.5 Å². The number of ether oxygens (including phenoxy) is 1. The molecule has 2 heterocycles. The van der Waals surface area contributed by atoms with E-state index in [0.29, 0.717) is 23.9 Å². The lowest BCUT2D eigenvalue weighted by Gasteiger charge is -2.08. The number of rotatable bonds is 4. The molecule has 5 nitrogen and oxygen atoms in total. The van der Waals surface area contributed by atoms with Crippen LogP contribution < -0.4 is 10.1 Å². The summed E-state index contributed by atoms with van der Waals surface area (Å²) in [6, 6.07) is 3.47. The number of hydrogen-bond acceptors (Lipinski definition) is 5. The van der Waals surface area contributed by atoms with E-state index >= 15 is 0 Å². The molecule has 0 fully saturated rings. The van der Waals surface area contributed by atoms with Gasteiger partial charge in [-0.1, -0.05) is 0 Å². The van der Waals surface area contributed by atoms with Crippen molar-refractivity contribution >= 4 is 22.9 Å². The number of carbonyl (C=O) groups is 1. The van der Waals surface area contributed by atoms with Crippen molar-refractivity contribution in [3.63, 3.8) is 0 Å². The van der Waals surface area contributed by atoms with E-state index in [9.17, 15) is 4.79 Å². The number of nitrogens with one attached hydrogen (secondary N) is 1. The van der Waals surface area contributed by atoms with Crippen molar-refractivity contribution in [2.45, 2.75) is 6.92 Å². The zero-order valence-corrected chi connectivity index (χ0v) is 10.0. The number of thiazole rings is 1. The summed E-state index contributed by atoms with van der Waals surface area (Å²) in [6.07, 6.45) is 1.61. The molecule has 2 aromatic rings. The molecule has 0 saturated heterocycles. The highest BCUT2D eigenvalue weighted by Crippen LogP contribution is 2.21. The standard InChI is InChI=1S/C11H11N3O2S/c1-2-16-11-8(4-3-5-12-11)14-10(15)9-6-17-7-13-9/h3-7H,2H2,1H3,(H,14,15). The third kappa shape index (κ3) is 2.79. The Morgan fingerprint density at radius 1 is 1.53 bits per heavy atom. The molecule has 1 N–H and O–H groups in total. The molecule has 2 aromatic heterocycles. The van der Waals surface area contributed by atoms with Gasteiger partial charge in [-0.2, -0.15) is 0 Å². The van der Waals surface area contributed by atoms with Gasteiger partial charge in [0.1, 0.15) is 11.4 Å². The second kappa shape index (κ2) is 5.40. The molecule has 0 aliphatic carbocycles. The Hall–Kier alpha value is -1.95. The van der Waals surface area contributed by atoms with Gasteiger partial charge in [-0.15, -0.1) is 11.3 Å². The quantitative estimate of drug-likeness (QED) is 0.902. The van der Waals surface area contributed by atoms with Gasteiger partial charge in [0.15, 0.2) is 0 Å². The average Bonchev–Trinajstić information content (AvgIpc) is 2.85. The van der Waals surface area contributed by atoms with Crippen molar-refractivity contribution in [2.75, 3.05) is 11.9 Å². The maximum absolute atomic E-state index is 11.8. The minimum atomic E-state index is -0.264. The predicted octanol–water partition coefficient (Wildman–Crippen LogP) is 2.19. The second-order valence-corrected chi connectivity index (χ2v) is 3.84. The molecule has 0 aromatic carbocycles. The van der Waals surface area contributed by atoms with Crippen LogP contribution in [0.4, 0.5) is 5.69 Å². The van der Waals surface area contributed by atoms with Gasteiger partial charge in [0, 0.05) is 11.6 Å². The van der Waals surface area contributed by atoms with Gasteiger partial charge in [0.05, 0.1) is 12.1 Å². The first-order chi connectivity index (χ1) is 8.31. The number of nitrogens with zero attached hydrogens (tertiary/aromatic N) is 2. The van der Waals surface area contributed by atoms with Crippen molar-refractivity contribution in [3.05, 3.63) is 34.9 Å². The largest absolute Gasteiger partial charge is 0.476 e. The Morgan fingerprint density at radius 2 is 2.41 bits per heavy atom. The van der Waals surface area contributed by atoms with Crippen LogP contribution in [0, 0.1) is 0 Å². The van der Waals surface area contributed by atoms with E-state index in [2.05, 4.69) is 15.3 Å². The molecule has 1 amide bonds. The third-order valence-electron chi connectivity index (χ3n) is 1.97.